The molecule has 0 atom stereocenters. The van der Waals surface area contributed by atoms with Crippen LogP contribution in [0.2, 0.25) is 0 Å². The number of nitrogens with zero attached hydrogens (tertiary/aromatic N) is 2. The molecule has 1 aromatic rings. The standard InChI is InChI=1S/C11H16N2O4S2/c1-2-3-9-18(14,15)10-12-13-19(16,17)11-7-5-4-6-8-11/h4-8H,2-3,9-10H2,1H3. The van der Waals surface area contributed by atoms with E-state index in [-0.39, 0.29) is 10.6 Å². The van der Waals surface area contributed by atoms with Crippen LogP contribution in [0.4, 0.5) is 0 Å². The molecule has 19 heavy (non-hydrogen) atoms. The van der Waals surface area contributed by atoms with Crippen molar-refractivity contribution >= 4 is 19.9 Å². The van der Waals surface area contributed by atoms with Gasteiger partial charge in [0.2, 0.25) is 0 Å². The van der Waals surface area contributed by atoms with Crippen molar-refractivity contribution in [2.45, 2.75) is 24.7 Å². The van der Waals surface area contributed by atoms with Crippen LogP contribution in [0, 0.1) is 0 Å². The van der Waals surface area contributed by atoms with Crippen LogP contribution in [0.1, 0.15) is 19.8 Å². The van der Waals surface area contributed by atoms with Crippen molar-refractivity contribution in [3.05, 3.63) is 30.3 Å². The molecule has 0 saturated carbocycles. The molecule has 0 spiro atoms. The summed E-state index contributed by atoms with van der Waals surface area (Å²) in [6.45, 7) is 1.87. The molecule has 1 rings (SSSR count). The van der Waals surface area contributed by atoms with Crippen molar-refractivity contribution in [2.24, 2.45) is 9.63 Å². The zero-order valence-electron chi connectivity index (χ0n) is 10.6. The van der Waals surface area contributed by atoms with Gasteiger partial charge in [-0.05, 0) is 18.6 Å². The summed E-state index contributed by atoms with van der Waals surface area (Å²) < 4.78 is 49.4. The minimum absolute atomic E-state index is 0.00605. The molecule has 6 nitrogen and oxygen atoms in total. The maximum absolute atomic E-state index is 11.7. The number of hydrogen-bond donors (Lipinski definition) is 0. The topological polar surface area (TPSA) is 93.0 Å². The highest BCUT2D eigenvalue weighted by Crippen LogP contribution is 2.11. The number of benzene rings is 1. The third-order valence-corrected chi connectivity index (χ3v) is 4.89. The highest BCUT2D eigenvalue weighted by molar-refractivity contribution is 7.91. The molecule has 0 saturated heterocycles. The van der Waals surface area contributed by atoms with Gasteiger partial charge in [0, 0.05) is 0 Å². The second kappa shape index (κ2) is 6.76. The second-order valence-corrected chi connectivity index (χ2v) is 7.68. The first-order valence-electron chi connectivity index (χ1n) is 5.76. The smallest absolute Gasteiger partial charge is 0.227 e. The zero-order valence-corrected chi connectivity index (χ0v) is 12.2. The Morgan fingerprint density at radius 3 is 2.26 bits per heavy atom. The molecule has 0 aliphatic rings. The summed E-state index contributed by atoms with van der Waals surface area (Å²) in [4.78, 5) is -0.00953. The molecule has 0 unspecified atom stereocenters. The number of sulfonamides is 1. The lowest BCUT2D eigenvalue weighted by Gasteiger charge is -1.99. The summed E-state index contributed by atoms with van der Waals surface area (Å²) in [6, 6.07) is 7.53. The van der Waals surface area contributed by atoms with Crippen molar-refractivity contribution in [3.8, 4) is 0 Å². The Hall–Kier alpha value is -1.28. The van der Waals surface area contributed by atoms with Gasteiger partial charge in [-0.2, -0.15) is 13.5 Å². The fourth-order valence-corrected chi connectivity index (χ4v) is 3.23. The van der Waals surface area contributed by atoms with Gasteiger partial charge in [-0.1, -0.05) is 36.1 Å². The molecule has 0 aromatic heterocycles. The molecular formula is C11H16N2O4S2. The molecule has 0 bridgehead atoms. The lowest BCUT2D eigenvalue weighted by molar-refractivity contribution is 0.590. The molecule has 0 heterocycles. The quantitative estimate of drug-likeness (QED) is 0.720. The third kappa shape index (κ3) is 5.48. The van der Waals surface area contributed by atoms with Crippen molar-refractivity contribution in [3.63, 3.8) is 0 Å². The van der Waals surface area contributed by atoms with Crippen LogP contribution in [-0.2, 0) is 19.9 Å². The van der Waals surface area contributed by atoms with E-state index in [4.69, 9.17) is 0 Å². The average molecular weight is 304 g/mol. The molecule has 106 valence electrons. The highest BCUT2D eigenvalue weighted by atomic mass is 32.2. The van der Waals surface area contributed by atoms with E-state index in [9.17, 15) is 16.8 Å². The van der Waals surface area contributed by atoms with E-state index in [0.717, 1.165) is 6.42 Å². The molecular weight excluding hydrogens is 288 g/mol. The largest absolute Gasteiger partial charge is 0.299 e. The van der Waals surface area contributed by atoms with E-state index in [1.54, 1.807) is 18.2 Å². The number of hydrogen-bond acceptors (Lipinski definition) is 5. The third-order valence-electron chi connectivity index (χ3n) is 2.27. The van der Waals surface area contributed by atoms with Crippen molar-refractivity contribution in [2.75, 3.05) is 11.6 Å². The van der Waals surface area contributed by atoms with Crippen LogP contribution in [0.15, 0.2) is 44.9 Å². The zero-order chi connectivity index (χ0) is 14.4. The van der Waals surface area contributed by atoms with Crippen molar-refractivity contribution in [1.82, 2.24) is 0 Å². The molecule has 1 aromatic carbocycles. The first-order chi connectivity index (χ1) is 8.87. The van der Waals surface area contributed by atoms with Crippen molar-refractivity contribution < 1.29 is 16.8 Å². The Bertz CT molecular complexity index is 622. The van der Waals surface area contributed by atoms with Crippen LogP contribution in [0.3, 0.4) is 0 Å². The molecule has 0 fully saturated rings. The van der Waals surface area contributed by atoms with Crippen LogP contribution in [0.5, 0.6) is 0 Å². The minimum Gasteiger partial charge on any atom is -0.227 e. The maximum Gasteiger partial charge on any atom is 0.299 e. The Morgan fingerprint density at radius 2 is 1.68 bits per heavy atom. The SMILES string of the molecule is CCCCS(=O)(=O)CN=NS(=O)(=O)c1ccccc1. The lowest BCUT2D eigenvalue weighted by Crippen LogP contribution is -2.09. The Kier molecular flexibility index (Phi) is 5.61. The van der Waals surface area contributed by atoms with Gasteiger partial charge in [-0.3, -0.25) is 0 Å². The summed E-state index contributed by atoms with van der Waals surface area (Å²) in [5, 5.41) is 3.29. The Morgan fingerprint density at radius 1 is 1.05 bits per heavy atom. The fourth-order valence-electron chi connectivity index (χ4n) is 1.26. The molecule has 0 aliphatic carbocycles. The van der Waals surface area contributed by atoms with E-state index in [1.807, 2.05) is 6.92 Å². The van der Waals surface area contributed by atoms with Gasteiger partial charge in [0.1, 0.15) is 0 Å². The molecule has 0 aliphatic heterocycles. The predicted octanol–water partition coefficient (Wildman–Crippen LogP) is 2.00. The average Bonchev–Trinajstić information content (AvgIpc) is 2.37. The molecule has 0 N–H and O–H groups in total. The van der Waals surface area contributed by atoms with Crippen LogP contribution >= 0.6 is 0 Å². The van der Waals surface area contributed by atoms with Crippen LogP contribution in [-0.4, -0.2) is 28.5 Å². The van der Waals surface area contributed by atoms with Gasteiger partial charge in [-0.15, -0.1) is 0 Å². The van der Waals surface area contributed by atoms with E-state index in [0.29, 0.717) is 6.42 Å². The van der Waals surface area contributed by atoms with E-state index < -0.39 is 25.7 Å². The molecule has 0 amide bonds. The summed E-state index contributed by atoms with van der Waals surface area (Å²) in [7, 11) is -7.28. The lowest BCUT2D eigenvalue weighted by atomic mass is 10.4. The number of sulfone groups is 1. The molecule has 0 radical (unpaired) electrons. The summed E-state index contributed by atoms with van der Waals surface area (Å²) in [5.74, 6) is -0.604. The summed E-state index contributed by atoms with van der Waals surface area (Å²) in [5.41, 5.74) is 0. The van der Waals surface area contributed by atoms with Gasteiger partial charge in [-0.25, -0.2) is 8.42 Å². The Labute approximate surface area is 113 Å². The summed E-state index contributed by atoms with van der Waals surface area (Å²) >= 11 is 0. The molecule has 8 heteroatoms. The normalized spacial score (nSPS) is 12.9. The first-order valence-corrected chi connectivity index (χ1v) is 9.03. The van der Waals surface area contributed by atoms with Gasteiger partial charge in [0.05, 0.1) is 10.6 Å². The van der Waals surface area contributed by atoms with E-state index in [2.05, 4.69) is 9.63 Å². The highest BCUT2D eigenvalue weighted by Gasteiger charge is 2.13. The van der Waals surface area contributed by atoms with E-state index >= 15 is 0 Å². The fraction of sp³-hybridized carbons (Fsp3) is 0.455. The van der Waals surface area contributed by atoms with Gasteiger partial charge < -0.3 is 0 Å². The maximum atomic E-state index is 11.7. The number of rotatable bonds is 7. The van der Waals surface area contributed by atoms with Crippen LogP contribution in [0.25, 0.3) is 0 Å². The van der Waals surface area contributed by atoms with Crippen LogP contribution < -0.4 is 0 Å². The van der Waals surface area contributed by atoms with Crippen molar-refractivity contribution in [1.29, 1.82) is 0 Å². The monoisotopic (exact) mass is 304 g/mol. The van der Waals surface area contributed by atoms with E-state index in [1.165, 1.54) is 12.1 Å². The number of unbranched alkanes of at least 4 members (excludes halogenated alkanes) is 1. The Balaban J connectivity index is 2.72. The second-order valence-electron chi connectivity index (χ2n) is 3.94. The summed E-state index contributed by atoms with van der Waals surface area (Å²) in [6.07, 6.45) is 1.28. The van der Waals surface area contributed by atoms with Gasteiger partial charge >= 0.3 is 0 Å². The predicted molar refractivity (Wildman–Crippen MR) is 72.0 cm³/mol. The van der Waals surface area contributed by atoms with Gasteiger partial charge in [0.15, 0.2) is 15.7 Å². The van der Waals surface area contributed by atoms with Gasteiger partial charge in [0.25, 0.3) is 10.0 Å². The first kappa shape index (κ1) is 15.8. The minimum atomic E-state index is -3.91.